The number of carbonyl (C=O) groups excluding carboxylic acids is 1. The Kier molecular flexibility index (Phi) is 3.88. The molecule has 1 heterocycles. The Labute approximate surface area is 90.8 Å². The third-order valence-corrected chi connectivity index (χ3v) is 1.79. The predicted molar refractivity (Wildman–Crippen MR) is 57.2 cm³/mol. The van der Waals surface area contributed by atoms with Crippen LogP contribution in [0.4, 0.5) is 10.6 Å². The van der Waals surface area contributed by atoms with Gasteiger partial charge in [-0.25, -0.2) is 9.78 Å². The van der Waals surface area contributed by atoms with E-state index in [1.807, 2.05) is 0 Å². The Bertz CT molecular complexity index is 328. The van der Waals surface area contributed by atoms with Gasteiger partial charge in [0.25, 0.3) is 0 Å². The Hall–Kier alpha value is -1.10. The molecule has 0 saturated carbocycles. The summed E-state index contributed by atoms with van der Waals surface area (Å²) in [6.45, 7) is 3.57. The second-order valence-corrected chi connectivity index (χ2v) is 3.85. The molecule has 0 bridgehead atoms. The first-order valence-electron chi connectivity index (χ1n) is 4.17. The van der Waals surface area contributed by atoms with Crippen molar-refractivity contribution in [2.24, 2.45) is 0 Å². The summed E-state index contributed by atoms with van der Waals surface area (Å²) >= 11 is 3.27. The lowest BCUT2D eigenvalue weighted by atomic mass is 10.4. The monoisotopic (exact) mass is 258 g/mol. The fraction of sp³-hybridized carbons (Fsp3) is 0.333. The van der Waals surface area contributed by atoms with Crippen LogP contribution in [0.15, 0.2) is 22.8 Å². The van der Waals surface area contributed by atoms with E-state index in [4.69, 9.17) is 4.74 Å². The van der Waals surface area contributed by atoms with Crippen molar-refractivity contribution in [1.29, 1.82) is 0 Å². The number of pyridine rings is 1. The van der Waals surface area contributed by atoms with Crippen LogP contribution in [0.5, 0.6) is 0 Å². The number of halogens is 1. The topological polar surface area (TPSA) is 51.2 Å². The summed E-state index contributed by atoms with van der Waals surface area (Å²) in [5, 5.41) is 2.51. The highest BCUT2D eigenvalue weighted by atomic mass is 79.9. The molecule has 1 N–H and O–H groups in total. The largest absolute Gasteiger partial charge is 0.447 e. The average Bonchev–Trinajstić information content (AvgIpc) is 2.01. The Balaban J connectivity index is 2.56. The maximum absolute atomic E-state index is 11.1. The van der Waals surface area contributed by atoms with E-state index in [1.54, 1.807) is 32.2 Å². The molecule has 1 rings (SSSR count). The van der Waals surface area contributed by atoms with Crippen LogP contribution in [0.25, 0.3) is 0 Å². The highest BCUT2D eigenvalue weighted by Gasteiger charge is 2.05. The van der Waals surface area contributed by atoms with Gasteiger partial charge in [-0.2, -0.15) is 0 Å². The van der Waals surface area contributed by atoms with Gasteiger partial charge in [0.15, 0.2) is 0 Å². The number of carbonyl (C=O) groups is 1. The lowest BCUT2D eigenvalue weighted by Crippen LogP contribution is -2.18. The van der Waals surface area contributed by atoms with Crippen LogP contribution in [0.3, 0.4) is 0 Å². The molecule has 0 spiro atoms. The zero-order valence-electron chi connectivity index (χ0n) is 7.95. The van der Waals surface area contributed by atoms with Crippen LogP contribution in [0.2, 0.25) is 0 Å². The Morgan fingerprint density at radius 3 is 2.93 bits per heavy atom. The highest BCUT2D eigenvalue weighted by Crippen LogP contribution is 2.12. The van der Waals surface area contributed by atoms with Crippen molar-refractivity contribution in [1.82, 2.24) is 4.98 Å². The first-order chi connectivity index (χ1) is 6.58. The second-order valence-electron chi connectivity index (χ2n) is 2.94. The van der Waals surface area contributed by atoms with E-state index in [1.165, 1.54) is 0 Å². The summed E-state index contributed by atoms with van der Waals surface area (Å²) in [4.78, 5) is 15.1. The summed E-state index contributed by atoms with van der Waals surface area (Å²) in [5.41, 5.74) is 0. The average molecular weight is 259 g/mol. The van der Waals surface area contributed by atoms with Gasteiger partial charge in [-0.05, 0) is 26.0 Å². The van der Waals surface area contributed by atoms with Crippen LogP contribution in [-0.2, 0) is 4.74 Å². The number of nitrogens with zero attached hydrogens (tertiary/aromatic N) is 1. The zero-order valence-corrected chi connectivity index (χ0v) is 9.54. The Morgan fingerprint density at radius 2 is 2.36 bits per heavy atom. The standard InChI is InChI=1S/C9H11BrN2O2/c1-6(2)14-9(13)12-8-5-7(10)3-4-11-8/h3-6H,1-2H3,(H,11,12,13). The minimum Gasteiger partial charge on any atom is -0.447 e. The normalized spacial score (nSPS) is 10.0. The molecule has 0 saturated heterocycles. The first kappa shape index (κ1) is 11.0. The number of ether oxygens (including phenoxy) is 1. The predicted octanol–water partition coefficient (Wildman–Crippen LogP) is 2.80. The molecule has 0 unspecified atom stereocenters. The molecule has 1 amide bonds. The fourth-order valence-electron chi connectivity index (χ4n) is 0.821. The molecule has 0 atom stereocenters. The summed E-state index contributed by atoms with van der Waals surface area (Å²) in [6.07, 6.45) is 0.961. The van der Waals surface area contributed by atoms with E-state index in [0.29, 0.717) is 5.82 Å². The van der Waals surface area contributed by atoms with Crippen molar-refractivity contribution in [3.8, 4) is 0 Å². The molecule has 1 aromatic heterocycles. The van der Waals surface area contributed by atoms with E-state index in [-0.39, 0.29) is 6.10 Å². The zero-order chi connectivity index (χ0) is 10.6. The number of amides is 1. The Morgan fingerprint density at radius 1 is 1.64 bits per heavy atom. The molecule has 0 aliphatic heterocycles. The van der Waals surface area contributed by atoms with Crippen LogP contribution >= 0.6 is 15.9 Å². The van der Waals surface area contributed by atoms with E-state index in [2.05, 4.69) is 26.2 Å². The van der Waals surface area contributed by atoms with Crippen molar-refractivity contribution in [2.75, 3.05) is 5.32 Å². The molecule has 0 aliphatic carbocycles. The summed E-state index contributed by atoms with van der Waals surface area (Å²) < 4.78 is 5.74. The van der Waals surface area contributed by atoms with Crippen LogP contribution in [0.1, 0.15) is 13.8 Å². The SMILES string of the molecule is CC(C)OC(=O)Nc1cc(Br)ccn1. The summed E-state index contributed by atoms with van der Waals surface area (Å²) in [7, 11) is 0. The van der Waals surface area contributed by atoms with Crippen LogP contribution in [0, 0.1) is 0 Å². The van der Waals surface area contributed by atoms with Gasteiger partial charge in [-0.1, -0.05) is 15.9 Å². The number of nitrogens with one attached hydrogen (secondary N) is 1. The molecular weight excluding hydrogens is 248 g/mol. The quantitative estimate of drug-likeness (QED) is 0.888. The van der Waals surface area contributed by atoms with Crippen molar-refractivity contribution >= 4 is 27.8 Å². The minimum absolute atomic E-state index is 0.137. The lowest BCUT2D eigenvalue weighted by Gasteiger charge is -2.08. The van der Waals surface area contributed by atoms with Crippen molar-refractivity contribution < 1.29 is 9.53 Å². The molecule has 0 aliphatic rings. The maximum Gasteiger partial charge on any atom is 0.413 e. The first-order valence-corrected chi connectivity index (χ1v) is 4.96. The molecule has 4 nitrogen and oxygen atoms in total. The fourth-order valence-corrected chi connectivity index (χ4v) is 1.16. The number of hydrogen-bond acceptors (Lipinski definition) is 3. The van der Waals surface area contributed by atoms with E-state index < -0.39 is 6.09 Å². The van der Waals surface area contributed by atoms with Crippen molar-refractivity contribution in [3.05, 3.63) is 22.8 Å². The number of aromatic nitrogens is 1. The number of anilines is 1. The third kappa shape index (κ3) is 3.74. The van der Waals surface area contributed by atoms with Gasteiger partial charge in [-0.3, -0.25) is 5.32 Å². The second kappa shape index (κ2) is 4.95. The molecule has 0 fully saturated rings. The van der Waals surface area contributed by atoms with Gasteiger partial charge in [0.05, 0.1) is 6.10 Å². The van der Waals surface area contributed by atoms with E-state index in [0.717, 1.165) is 4.47 Å². The smallest absolute Gasteiger partial charge is 0.413 e. The molecular formula is C9H11BrN2O2. The highest BCUT2D eigenvalue weighted by molar-refractivity contribution is 9.10. The molecule has 1 aromatic rings. The molecule has 0 aromatic carbocycles. The van der Waals surface area contributed by atoms with Gasteiger partial charge in [0.2, 0.25) is 0 Å². The summed E-state index contributed by atoms with van der Waals surface area (Å²) in [6, 6.07) is 3.47. The van der Waals surface area contributed by atoms with Gasteiger partial charge in [0, 0.05) is 10.7 Å². The van der Waals surface area contributed by atoms with Gasteiger partial charge < -0.3 is 4.74 Å². The van der Waals surface area contributed by atoms with Crippen LogP contribution in [-0.4, -0.2) is 17.2 Å². The summed E-state index contributed by atoms with van der Waals surface area (Å²) in [5.74, 6) is 0.463. The van der Waals surface area contributed by atoms with Crippen molar-refractivity contribution in [3.63, 3.8) is 0 Å². The number of hydrogen-bond donors (Lipinski definition) is 1. The molecule has 5 heteroatoms. The molecule has 14 heavy (non-hydrogen) atoms. The lowest BCUT2D eigenvalue weighted by molar-refractivity contribution is 0.130. The van der Waals surface area contributed by atoms with E-state index in [9.17, 15) is 4.79 Å². The minimum atomic E-state index is -0.495. The van der Waals surface area contributed by atoms with E-state index >= 15 is 0 Å². The maximum atomic E-state index is 11.1. The molecule has 76 valence electrons. The molecule has 0 radical (unpaired) electrons. The third-order valence-electron chi connectivity index (χ3n) is 1.29. The van der Waals surface area contributed by atoms with Gasteiger partial charge >= 0.3 is 6.09 Å². The van der Waals surface area contributed by atoms with Crippen LogP contribution < -0.4 is 5.32 Å². The number of rotatable bonds is 2. The van der Waals surface area contributed by atoms with Gasteiger partial charge in [-0.15, -0.1) is 0 Å². The van der Waals surface area contributed by atoms with Gasteiger partial charge in [0.1, 0.15) is 5.82 Å². The van der Waals surface area contributed by atoms with Crippen molar-refractivity contribution in [2.45, 2.75) is 20.0 Å².